The molecule has 12 heteroatoms. The number of thiocarbonyl (C=S) groups is 1. The van der Waals surface area contributed by atoms with Crippen LogP contribution in [-0.2, 0) is 21.2 Å². The zero-order valence-corrected chi connectivity index (χ0v) is 24.0. The van der Waals surface area contributed by atoms with Crippen molar-refractivity contribution in [3.63, 3.8) is 0 Å². The van der Waals surface area contributed by atoms with Crippen LogP contribution in [0.15, 0.2) is 9.70 Å². The summed E-state index contributed by atoms with van der Waals surface area (Å²) >= 11 is 6.65. The Morgan fingerprint density at radius 2 is 1.89 bits per heavy atom. The zero-order chi connectivity index (χ0) is 26.9. The third kappa shape index (κ3) is 5.50. The number of rotatable bonds is 7. The Morgan fingerprint density at radius 1 is 1.19 bits per heavy atom. The molecule has 1 aromatic heterocycles. The van der Waals surface area contributed by atoms with E-state index in [1.807, 2.05) is 0 Å². The van der Waals surface area contributed by atoms with Crippen LogP contribution >= 0.6 is 24.0 Å². The summed E-state index contributed by atoms with van der Waals surface area (Å²) in [6.45, 7) is 10.5. The number of anilines is 1. The molecule has 4 rings (SSSR count). The molecule has 4 heterocycles. The van der Waals surface area contributed by atoms with Gasteiger partial charge in [-0.1, -0.05) is 44.2 Å². The van der Waals surface area contributed by atoms with Gasteiger partial charge in [-0.15, -0.1) is 0 Å². The van der Waals surface area contributed by atoms with Crippen LogP contribution in [0.3, 0.4) is 0 Å². The SMILES string of the molecule is CCCCn1c(N2CCN(CC)CC2)c(C=C2SC(=S)N(C3CCS(=O)(=O)C3)C2=O)c(C)c(C#N)c1=O. The minimum atomic E-state index is -3.19. The van der Waals surface area contributed by atoms with E-state index in [0.29, 0.717) is 33.3 Å². The molecule has 1 unspecified atom stereocenters. The van der Waals surface area contributed by atoms with Gasteiger partial charge in [-0.3, -0.25) is 19.1 Å². The Hall–Kier alpha value is -2.20. The van der Waals surface area contributed by atoms with Crippen molar-refractivity contribution < 1.29 is 13.2 Å². The largest absolute Gasteiger partial charge is 0.355 e. The Labute approximate surface area is 228 Å². The topological polar surface area (TPSA) is 107 Å². The Kier molecular flexibility index (Phi) is 8.48. The van der Waals surface area contributed by atoms with E-state index in [1.165, 1.54) is 4.90 Å². The normalized spacial score (nSPS) is 23.3. The average molecular weight is 564 g/mol. The average Bonchev–Trinajstić information content (AvgIpc) is 3.36. The minimum absolute atomic E-state index is 0.0503. The molecule has 200 valence electrons. The van der Waals surface area contributed by atoms with Crippen molar-refractivity contribution in [2.45, 2.75) is 52.6 Å². The van der Waals surface area contributed by atoms with Gasteiger partial charge in [-0.05, 0) is 37.9 Å². The van der Waals surface area contributed by atoms with Crippen LogP contribution in [0.4, 0.5) is 5.82 Å². The lowest BCUT2D eigenvalue weighted by Gasteiger charge is -2.37. The number of amides is 1. The lowest BCUT2D eigenvalue weighted by atomic mass is 10.0. The van der Waals surface area contributed by atoms with Crippen LogP contribution in [0.1, 0.15) is 49.8 Å². The highest BCUT2D eigenvalue weighted by atomic mass is 32.2. The first kappa shape index (κ1) is 27.8. The van der Waals surface area contributed by atoms with Gasteiger partial charge in [0.2, 0.25) is 0 Å². The summed E-state index contributed by atoms with van der Waals surface area (Å²) in [6, 6.07) is 1.63. The van der Waals surface area contributed by atoms with E-state index in [0.717, 1.165) is 63.1 Å². The summed E-state index contributed by atoms with van der Waals surface area (Å²) in [5.41, 5.74) is 0.997. The predicted octanol–water partition coefficient (Wildman–Crippen LogP) is 2.36. The second-order valence-electron chi connectivity index (χ2n) is 9.69. The van der Waals surface area contributed by atoms with E-state index < -0.39 is 15.9 Å². The van der Waals surface area contributed by atoms with Crippen LogP contribution in [0.2, 0.25) is 0 Å². The lowest BCUT2D eigenvalue weighted by molar-refractivity contribution is -0.123. The number of hydrogen-bond donors (Lipinski definition) is 0. The van der Waals surface area contributed by atoms with Crippen molar-refractivity contribution in [1.82, 2.24) is 14.4 Å². The fourth-order valence-electron chi connectivity index (χ4n) is 5.19. The monoisotopic (exact) mass is 563 g/mol. The van der Waals surface area contributed by atoms with Crippen molar-refractivity contribution in [2.24, 2.45) is 0 Å². The maximum atomic E-state index is 13.5. The van der Waals surface area contributed by atoms with Gasteiger partial charge < -0.3 is 9.80 Å². The second kappa shape index (κ2) is 11.3. The highest BCUT2D eigenvalue weighted by molar-refractivity contribution is 8.26. The number of carbonyl (C=O) groups is 1. The molecule has 1 amide bonds. The Morgan fingerprint density at radius 3 is 2.46 bits per heavy atom. The highest BCUT2D eigenvalue weighted by Crippen LogP contribution is 2.38. The van der Waals surface area contributed by atoms with Crippen molar-refractivity contribution in [2.75, 3.05) is 49.1 Å². The molecule has 0 spiro atoms. The van der Waals surface area contributed by atoms with Gasteiger partial charge in [0.1, 0.15) is 21.8 Å². The van der Waals surface area contributed by atoms with Crippen LogP contribution < -0.4 is 10.5 Å². The number of aromatic nitrogens is 1. The van der Waals surface area contributed by atoms with E-state index in [2.05, 4.69) is 29.7 Å². The molecule has 1 atom stereocenters. The molecular weight excluding hydrogens is 531 g/mol. The van der Waals surface area contributed by atoms with Crippen molar-refractivity contribution in [3.8, 4) is 6.07 Å². The smallest absolute Gasteiger partial charge is 0.270 e. The van der Waals surface area contributed by atoms with Crippen molar-refractivity contribution >= 4 is 55.9 Å². The molecule has 3 aliphatic rings. The minimum Gasteiger partial charge on any atom is -0.355 e. The number of unbranched alkanes of at least 4 members (excludes halogenated alkanes) is 1. The summed E-state index contributed by atoms with van der Waals surface area (Å²) < 4.78 is 26.1. The standard InChI is InChI=1S/C25H33N5O4S3/c1-4-6-8-29-22(28-11-9-27(5-2)10-12-28)19(17(3)20(15-26)23(29)31)14-21-24(32)30(25(35)36-21)18-7-13-37(33,34)16-18/h14,18H,4-13,16H2,1-3H3. The first-order chi connectivity index (χ1) is 17.6. The van der Waals surface area contributed by atoms with E-state index in [9.17, 15) is 23.3 Å². The molecule has 0 saturated carbocycles. The summed E-state index contributed by atoms with van der Waals surface area (Å²) in [7, 11) is -3.19. The van der Waals surface area contributed by atoms with Crippen molar-refractivity contribution in [3.05, 3.63) is 31.9 Å². The lowest BCUT2D eigenvalue weighted by Crippen LogP contribution is -2.48. The van der Waals surface area contributed by atoms with Gasteiger partial charge in [0.15, 0.2) is 9.84 Å². The molecular formula is C25H33N5O4S3. The first-order valence-corrected chi connectivity index (χ1v) is 15.8. The second-order valence-corrected chi connectivity index (χ2v) is 13.6. The number of pyridine rings is 1. The van der Waals surface area contributed by atoms with Gasteiger partial charge in [0.05, 0.1) is 22.5 Å². The molecule has 0 aromatic carbocycles. The Bertz CT molecular complexity index is 1340. The summed E-state index contributed by atoms with van der Waals surface area (Å²) in [4.78, 5) is 33.3. The summed E-state index contributed by atoms with van der Waals surface area (Å²) in [6.07, 6.45) is 3.80. The maximum absolute atomic E-state index is 13.5. The van der Waals surface area contributed by atoms with Gasteiger partial charge >= 0.3 is 0 Å². The number of nitriles is 1. The molecule has 37 heavy (non-hydrogen) atoms. The third-order valence-electron chi connectivity index (χ3n) is 7.37. The van der Waals surface area contributed by atoms with Crippen LogP contribution in [0, 0.1) is 18.3 Å². The third-order valence-corrected chi connectivity index (χ3v) is 10.5. The number of piperazine rings is 1. The highest BCUT2D eigenvalue weighted by Gasteiger charge is 2.42. The van der Waals surface area contributed by atoms with Crippen LogP contribution in [0.25, 0.3) is 6.08 Å². The van der Waals surface area contributed by atoms with Gasteiger partial charge in [-0.2, -0.15) is 5.26 Å². The molecule has 0 aliphatic carbocycles. The molecule has 0 N–H and O–H groups in total. The number of thioether (sulfide) groups is 1. The van der Waals surface area contributed by atoms with E-state index in [-0.39, 0.29) is 28.5 Å². The number of carbonyl (C=O) groups excluding carboxylic acids is 1. The number of hydrogen-bond acceptors (Lipinski definition) is 9. The molecule has 0 radical (unpaired) electrons. The summed E-state index contributed by atoms with van der Waals surface area (Å²) in [5.74, 6) is 0.385. The molecule has 9 nitrogen and oxygen atoms in total. The van der Waals surface area contributed by atoms with Gasteiger partial charge in [0, 0.05) is 38.3 Å². The zero-order valence-electron chi connectivity index (χ0n) is 21.5. The molecule has 3 aliphatic heterocycles. The first-order valence-electron chi connectivity index (χ1n) is 12.7. The Balaban J connectivity index is 1.82. The number of likely N-dealkylation sites (N-methyl/N-ethyl adjacent to an activating group) is 1. The molecule has 3 saturated heterocycles. The van der Waals surface area contributed by atoms with E-state index >= 15 is 0 Å². The summed E-state index contributed by atoms with van der Waals surface area (Å²) in [5, 5.41) is 9.87. The predicted molar refractivity (Wildman–Crippen MR) is 151 cm³/mol. The quantitative estimate of drug-likeness (QED) is 0.365. The van der Waals surface area contributed by atoms with Crippen molar-refractivity contribution in [1.29, 1.82) is 5.26 Å². The van der Waals surface area contributed by atoms with Crippen LogP contribution in [-0.4, -0.2) is 83.3 Å². The van der Waals surface area contributed by atoms with E-state index in [1.54, 1.807) is 17.6 Å². The number of nitrogens with zero attached hydrogens (tertiary/aromatic N) is 5. The molecule has 0 bridgehead atoms. The maximum Gasteiger partial charge on any atom is 0.270 e. The molecule has 3 fully saturated rings. The fraction of sp³-hybridized carbons (Fsp3) is 0.600. The van der Waals surface area contributed by atoms with Gasteiger partial charge in [-0.25, -0.2) is 8.42 Å². The number of sulfone groups is 1. The fourth-order valence-corrected chi connectivity index (χ4v) is 8.27. The molecule has 1 aromatic rings. The van der Waals surface area contributed by atoms with E-state index in [4.69, 9.17) is 12.2 Å². The van der Waals surface area contributed by atoms with Gasteiger partial charge in [0.25, 0.3) is 11.5 Å². The van der Waals surface area contributed by atoms with Crippen LogP contribution in [0.5, 0.6) is 0 Å².